The molecule has 0 atom stereocenters. The van der Waals surface area contributed by atoms with Crippen LogP contribution in [0.15, 0.2) is 29.3 Å². The Balaban J connectivity index is 2.91. The predicted molar refractivity (Wildman–Crippen MR) is 49.3 cm³/mol. The monoisotopic (exact) mass is 148 g/mol. The maximum Gasteiger partial charge on any atom is 0.0630 e. The zero-order valence-corrected chi connectivity index (χ0v) is 6.83. The summed E-state index contributed by atoms with van der Waals surface area (Å²) in [5.41, 5.74) is 8.29. The standard InChI is InChI=1S/C9H12N2/c1-7(2)11-9-5-3-8(10)4-6-9/h3-6H,10H2,1-2H3. The molecule has 2 nitrogen and oxygen atoms in total. The topological polar surface area (TPSA) is 38.4 Å². The summed E-state index contributed by atoms with van der Waals surface area (Å²) in [7, 11) is 0. The third-order valence-electron chi connectivity index (χ3n) is 1.25. The van der Waals surface area contributed by atoms with E-state index in [0.29, 0.717) is 0 Å². The number of nitrogen functional groups attached to an aromatic ring is 1. The molecule has 58 valence electrons. The van der Waals surface area contributed by atoms with Crippen molar-refractivity contribution >= 4 is 17.1 Å². The Morgan fingerprint density at radius 1 is 1.18 bits per heavy atom. The van der Waals surface area contributed by atoms with Crippen LogP contribution in [0.3, 0.4) is 0 Å². The molecule has 0 saturated heterocycles. The number of nitrogens with zero attached hydrogens (tertiary/aromatic N) is 1. The van der Waals surface area contributed by atoms with E-state index >= 15 is 0 Å². The van der Waals surface area contributed by atoms with Crippen LogP contribution in [-0.4, -0.2) is 5.71 Å². The molecule has 1 aromatic carbocycles. The van der Waals surface area contributed by atoms with Crippen molar-refractivity contribution in [1.29, 1.82) is 0 Å². The molecular weight excluding hydrogens is 136 g/mol. The van der Waals surface area contributed by atoms with Crippen molar-refractivity contribution in [3.05, 3.63) is 24.3 Å². The van der Waals surface area contributed by atoms with E-state index in [9.17, 15) is 0 Å². The van der Waals surface area contributed by atoms with Crippen LogP contribution in [0.2, 0.25) is 0 Å². The molecule has 0 heterocycles. The van der Waals surface area contributed by atoms with Gasteiger partial charge in [0, 0.05) is 11.4 Å². The lowest BCUT2D eigenvalue weighted by atomic mass is 10.3. The Morgan fingerprint density at radius 2 is 1.73 bits per heavy atom. The van der Waals surface area contributed by atoms with Gasteiger partial charge in [-0.15, -0.1) is 0 Å². The Bertz CT molecular complexity index is 255. The molecule has 2 N–H and O–H groups in total. The van der Waals surface area contributed by atoms with E-state index in [2.05, 4.69) is 4.99 Å². The van der Waals surface area contributed by atoms with Gasteiger partial charge in [-0.05, 0) is 38.1 Å². The summed E-state index contributed by atoms with van der Waals surface area (Å²) in [6, 6.07) is 7.51. The highest BCUT2D eigenvalue weighted by Crippen LogP contribution is 2.13. The minimum absolute atomic E-state index is 0.776. The fourth-order valence-electron chi connectivity index (χ4n) is 0.807. The average Bonchev–Trinajstić information content (AvgIpc) is 1.93. The van der Waals surface area contributed by atoms with Crippen molar-refractivity contribution in [2.45, 2.75) is 13.8 Å². The third kappa shape index (κ3) is 2.42. The van der Waals surface area contributed by atoms with Gasteiger partial charge in [0.25, 0.3) is 0 Å². The number of hydrogen-bond donors (Lipinski definition) is 1. The van der Waals surface area contributed by atoms with Crippen LogP contribution in [0.5, 0.6) is 0 Å². The van der Waals surface area contributed by atoms with Crippen LogP contribution in [0, 0.1) is 0 Å². The molecule has 0 saturated carbocycles. The van der Waals surface area contributed by atoms with Crippen molar-refractivity contribution in [2.75, 3.05) is 5.73 Å². The van der Waals surface area contributed by atoms with Gasteiger partial charge in [-0.25, -0.2) is 0 Å². The molecule has 1 rings (SSSR count). The lowest BCUT2D eigenvalue weighted by Crippen LogP contribution is -1.82. The van der Waals surface area contributed by atoms with E-state index in [0.717, 1.165) is 17.1 Å². The molecule has 0 spiro atoms. The fourth-order valence-corrected chi connectivity index (χ4v) is 0.807. The highest BCUT2D eigenvalue weighted by molar-refractivity contribution is 5.82. The molecule has 2 heteroatoms. The maximum absolute atomic E-state index is 5.51. The van der Waals surface area contributed by atoms with Crippen LogP contribution in [0.4, 0.5) is 11.4 Å². The van der Waals surface area contributed by atoms with Crippen LogP contribution in [-0.2, 0) is 0 Å². The van der Waals surface area contributed by atoms with E-state index < -0.39 is 0 Å². The zero-order valence-electron chi connectivity index (χ0n) is 6.83. The molecular formula is C9H12N2. The van der Waals surface area contributed by atoms with Gasteiger partial charge >= 0.3 is 0 Å². The first-order valence-corrected chi connectivity index (χ1v) is 3.56. The highest BCUT2D eigenvalue weighted by Gasteiger charge is 1.87. The second kappa shape index (κ2) is 3.19. The molecule has 0 aliphatic carbocycles. The number of benzene rings is 1. The first kappa shape index (κ1) is 7.79. The number of rotatable bonds is 1. The van der Waals surface area contributed by atoms with Crippen molar-refractivity contribution in [2.24, 2.45) is 4.99 Å². The SMILES string of the molecule is CC(C)=Nc1ccc(N)cc1. The molecule has 0 aliphatic rings. The Labute approximate surface area is 66.8 Å². The Hall–Kier alpha value is -1.31. The first-order valence-electron chi connectivity index (χ1n) is 3.56. The van der Waals surface area contributed by atoms with Gasteiger partial charge in [0.2, 0.25) is 0 Å². The highest BCUT2D eigenvalue weighted by atomic mass is 14.7. The van der Waals surface area contributed by atoms with E-state index in [1.54, 1.807) is 0 Å². The number of nitrogens with two attached hydrogens (primary N) is 1. The predicted octanol–water partition coefficient (Wildman–Crippen LogP) is 2.38. The normalized spacial score (nSPS) is 9.27. The van der Waals surface area contributed by atoms with E-state index in [1.165, 1.54) is 0 Å². The van der Waals surface area contributed by atoms with Crippen LogP contribution < -0.4 is 5.73 Å². The molecule has 1 aromatic rings. The summed E-state index contributed by atoms with van der Waals surface area (Å²) in [4.78, 5) is 4.26. The summed E-state index contributed by atoms with van der Waals surface area (Å²) >= 11 is 0. The molecule has 0 aliphatic heterocycles. The molecule has 11 heavy (non-hydrogen) atoms. The van der Waals surface area contributed by atoms with Crippen LogP contribution >= 0.6 is 0 Å². The zero-order chi connectivity index (χ0) is 8.27. The average molecular weight is 148 g/mol. The molecule has 0 unspecified atom stereocenters. The van der Waals surface area contributed by atoms with Crippen molar-refractivity contribution in [3.8, 4) is 0 Å². The summed E-state index contributed by atoms with van der Waals surface area (Å²) in [6.07, 6.45) is 0. The minimum atomic E-state index is 0.776. The third-order valence-corrected chi connectivity index (χ3v) is 1.25. The lowest BCUT2D eigenvalue weighted by molar-refractivity contribution is 1.48. The van der Waals surface area contributed by atoms with Crippen LogP contribution in [0.1, 0.15) is 13.8 Å². The Kier molecular flexibility index (Phi) is 2.26. The molecule has 0 aromatic heterocycles. The van der Waals surface area contributed by atoms with Gasteiger partial charge in [0.1, 0.15) is 0 Å². The minimum Gasteiger partial charge on any atom is -0.399 e. The van der Waals surface area contributed by atoms with Gasteiger partial charge < -0.3 is 5.73 Å². The summed E-state index contributed by atoms with van der Waals surface area (Å²) in [6.45, 7) is 3.94. The molecule has 0 fully saturated rings. The number of aliphatic imine (C=N–C) groups is 1. The largest absolute Gasteiger partial charge is 0.399 e. The molecule has 0 radical (unpaired) electrons. The molecule has 0 amide bonds. The van der Waals surface area contributed by atoms with Gasteiger partial charge in [-0.3, -0.25) is 4.99 Å². The van der Waals surface area contributed by atoms with Crippen molar-refractivity contribution < 1.29 is 0 Å². The van der Waals surface area contributed by atoms with E-state index in [1.807, 2.05) is 38.1 Å². The van der Waals surface area contributed by atoms with E-state index in [-0.39, 0.29) is 0 Å². The fraction of sp³-hybridized carbons (Fsp3) is 0.222. The van der Waals surface area contributed by atoms with E-state index in [4.69, 9.17) is 5.73 Å². The maximum atomic E-state index is 5.51. The number of anilines is 1. The second-order valence-corrected chi connectivity index (χ2v) is 2.65. The quantitative estimate of drug-likeness (QED) is 0.482. The number of hydrogen-bond acceptors (Lipinski definition) is 2. The van der Waals surface area contributed by atoms with Crippen LogP contribution in [0.25, 0.3) is 0 Å². The summed E-state index contributed by atoms with van der Waals surface area (Å²) < 4.78 is 0. The second-order valence-electron chi connectivity index (χ2n) is 2.65. The molecule has 0 bridgehead atoms. The van der Waals surface area contributed by atoms with Gasteiger partial charge in [0.15, 0.2) is 0 Å². The lowest BCUT2D eigenvalue weighted by Gasteiger charge is -1.94. The summed E-state index contributed by atoms with van der Waals surface area (Å²) in [5, 5.41) is 0. The van der Waals surface area contributed by atoms with Gasteiger partial charge in [-0.1, -0.05) is 0 Å². The smallest absolute Gasteiger partial charge is 0.0630 e. The van der Waals surface area contributed by atoms with Gasteiger partial charge in [-0.2, -0.15) is 0 Å². The van der Waals surface area contributed by atoms with Crippen molar-refractivity contribution in [3.63, 3.8) is 0 Å². The first-order chi connectivity index (χ1) is 5.18. The summed E-state index contributed by atoms with van der Waals surface area (Å²) in [5.74, 6) is 0. The Morgan fingerprint density at radius 3 is 2.18 bits per heavy atom. The van der Waals surface area contributed by atoms with Crippen molar-refractivity contribution in [1.82, 2.24) is 0 Å². The van der Waals surface area contributed by atoms with Gasteiger partial charge in [0.05, 0.1) is 5.69 Å².